The molecule has 0 aromatic carbocycles. The number of hydrogen-bond donors (Lipinski definition) is 1. The van der Waals surface area contributed by atoms with Crippen molar-refractivity contribution in [1.82, 2.24) is 0 Å². The maximum atomic E-state index is 11.2. The monoisotopic (exact) mass is 247 g/mol. The van der Waals surface area contributed by atoms with E-state index in [-0.39, 0.29) is 0 Å². The molecule has 3 fully saturated rings. The Balaban J connectivity index is 1.89. The summed E-state index contributed by atoms with van der Waals surface area (Å²) in [6.07, 6.45) is 9.88. The second kappa shape index (κ2) is 4.23. The minimum Gasteiger partial charge on any atom is -0.388 e. The molecule has 1 N–H and O–H groups in total. The van der Waals surface area contributed by atoms with Crippen molar-refractivity contribution in [2.24, 2.45) is 23.2 Å². The molecule has 5 atom stereocenters. The molecule has 0 aliphatic heterocycles. The Hall–Kier alpha value is -0.550. The van der Waals surface area contributed by atoms with Crippen LogP contribution in [0.5, 0.6) is 0 Å². The van der Waals surface area contributed by atoms with Gasteiger partial charge in [0, 0.05) is 0 Å². The highest BCUT2D eigenvalue weighted by Gasteiger charge is 2.62. The van der Waals surface area contributed by atoms with Crippen molar-refractivity contribution in [2.45, 2.75) is 70.3 Å². The van der Waals surface area contributed by atoms with Crippen LogP contribution < -0.4 is 0 Å². The predicted molar refractivity (Wildman–Crippen MR) is 70.7 cm³/mol. The average molecular weight is 247 g/mol. The summed E-state index contributed by atoms with van der Waals surface area (Å²) in [5.74, 6) is 1.84. The van der Waals surface area contributed by atoms with Crippen LogP contribution in [0.2, 0.25) is 0 Å². The van der Waals surface area contributed by atoms with Crippen molar-refractivity contribution in [1.29, 1.82) is 5.26 Å². The summed E-state index contributed by atoms with van der Waals surface area (Å²) in [6, 6.07) is 2.61. The summed E-state index contributed by atoms with van der Waals surface area (Å²) in [5.41, 5.74) is -1.08. The van der Waals surface area contributed by atoms with Crippen LogP contribution in [0.4, 0.5) is 0 Å². The zero-order valence-electron chi connectivity index (χ0n) is 11.5. The van der Waals surface area contributed by atoms with E-state index >= 15 is 0 Å². The first-order valence-electron chi connectivity index (χ1n) is 7.77. The second-order valence-corrected chi connectivity index (χ2v) is 7.07. The topological polar surface area (TPSA) is 44.0 Å². The van der Waals surface area contributed by atoms with Crippen LogP contribution in [0.25, 0.3) is 0 Å². The minimum absolute atomic E-state index is 0.399. The first kappa shape index (κ1) is 12.5. The smallest absolute Gasteiger partial charge is 0.0891 e. The fourth-order valence-electron chi connectivity index (χ4n) is 5.26. The number of aliphatic hydroxyl groups is 1. The molecule has 0 aromatic heterocycles. The van der Waals surface area contributed by atoms with Gasteiger partial charge in [-0.05, 0) is 49.9 Å². The first-order chi connectivity index (χ1) is 8.63. The minimum atomic E-state index is -0.680. The Labute approximate surface area is 110 Å². The zero-order chi connectivity index (χ0) is 12.8. The molecule has 0 spiro atoms. The van der Waals surface area contributed by atoms with Crippen molar-refractivity contribution in [3.8, 4) is 6.07 Å². The molecule has 0 amide bonds. The fraction of sp³-hybridized carbons (Fsp3) is 0.938. The molecule has 100 valence electrons. The molecule has 0 radical (unpaired) electrons. The maximum Gasteiger partial charge on any atom is 0.0891 e. The largest absolute Gasteiger partial charge is 0.388 e. The van der Waals surface area contributed by atoms with E-state index in [2.05, 4.69) is 13.0 Å². The van der Waals surface area contributed by atoms with Gasteiger partial charge in [-0.1, -0.05) is 32.6 Å². The van der Waals surface area contributed by atoms with Crippen LogP contribution in [-0.2, 0) is 0 Å². The summed E-state index contributed by atoms with van der Waals surface area (Å²) in [4.78, 5) is 0. The van der Waals surface area contributed by atoms with Crippen molar-refractivity contribution >= 4 is 0 Å². The van der Waals surface area contributed by atoms with E-state index in [4.69, 9.17) is 0 Å². The Morgan fingerprint density at radius 3 is 2.67 bits per heavy atom. The van der Waals surface area contributed by atoms with Gasteiger partial charge in [-0.3, -0.25) is 0 Å². The molecule has 18 heavy (non-hydrogen) atoms. The van der Waals surface area contributed by atoms with E-state index in [0.717, 1.165) is 38.0 Å². The Morgan fingerprint density at radius 1 is 1.28 bits per heavy atom. The van der Waals surface area contributed by atoms with Gasteiger partial charge in [0.05, 0.1) is 17.1 Å². The normalized spacial score (nSPS) is 51.3. The summed E-state index contributed by atoms with van der Waals surface area (Å²) in [7, 11) is 0. The lowest BCUT2D eigenvalue weighted by Gasteiger charge is -2.49. The van der Waals surface area contributed by atoms with Crippen molar-refractivity contribution < 1.29 is 5.11 Å². The molecule has 0 aromatic rings. The standard InChI is InChI=1S/C16H25NO/c1-2-12-4-3-7-16(18,10-12)15(11-17)9-13-5-6-14(15)8-13/h12-14,18H,2-10H2,1H3. The van der Waals surface area contributed by atoms with Gasteiger partial charge in [-0.2, -0.15) is 5.26 Å². The maximum absolute atomic E-state index is 11.2. The number of nitriles is 1. The van der Waals surface area contributed by atoms with Gasteiger partial charge in [0.1, 0.15) is 0 Å². The SMILES string of the molecule is CCC1CCCC(O)(C2(C#N)CC3CCC2C3)C1. The fourth-order valence-corrected chi connectivity index (χ4v) is 5.26. The molecule has 3 aliphatic carbocycles. The van der Waals surface area contributed by atoms with Gasteiger partial charge < -0.3 is 5.11 Å². The van der Waals surface area contributed by atoms with Crippen molar-refractivity contribution in [2.75, 3.05) is 0 Å². The molecule has 3 rings (SSSR count). The van der Waals surface area contributed by atoms with Crippen LogP contribution in [-0.4, -0.2) is 10.7 Å². The molecule has 0 heterocycles. The third-order valence-electron chi connectivity index (χ3n) is 6.29. The van der Waals surface area contributed by atoms with Gasteiger partial charge >= 0.3 is 0 Å². The Bertz CT molecular complexity index is 374. The van der Waals surface area contributed by atoms with E-state index in [9.17, 15) is 10.4 Å². The lowest BCUT2D eigenvalue weighted by Crippen LogP contribution is -2.53. The summed E-state index contributed by atoms with van der Waals surface area (Å²) in [6.45, 7) is 2.22. The van der Waals surface area contributed by atoms with Crippen LogP contribution in [0.15, 0.2) is 0 Å². The van der Waals surface area contributed by atoms with Crippen molar-refractivity contribution in [3.05, 3.63) is 0 Å². The first-order valence-corrected chi connectivity index (χ1v) is 7.77. The highest BCUT2D eigenvalue weighted by atomic mass is 16.3. The van der Waals surface area contributed by atoms with E-state index in [1.54, 1.807) is 0 Å². The highest BCUT2D eigenvalue weighted by Crippen LogP contribution is 2.63. The lowest BCUT2D eigenvalue weighted by atomic mass is 9.57. The molecule has 3 saturated carbocycles. The Kier molecular flexibility index (Phi) is 2.94. The van der Waals surface area contributed by atoms with E-state index < -0.39 is 11.0 Å². The molecule has 2 bridgehead atoms. The summed E-state index contributed by atoms with van der Waals surface area (Å²) < 4.78 is 0. The van der Waals surface area contributed by atoms with Crippen LogP contribution >= 0.6 is 0 Å². The number of hydrogen-bond acceptors (Lipinski definition) is 2. The zero-order valence-corrected chi connectivity index (χ0v) is 11.5. The van der Waals surface area contributed by atoms with Gasteiger partial charge in [-0.15, -0.1) is 0 Å². The molecular weight excluding hydrogens is 222 g/mol. The van der Waals surface area contributed by atoms with Crippen LogP contribution in [0, 0.1) is 34.5 Å². The second-order valence-electron chi connectivity index (χ2n) is 7.07. The van der Waals surface area contributed by atoms with E-state index in [1.165, 1.54) is 25.7 Å². The molecule has 0 saturated heterocycles. The summed E-state index contributed by atoms with van der Waals surface area (Å²) >= 11 is 0. The quantitative estimate of drug-likeness (QED) is 0.809. The lowest BCUT2D eigenvalue weighted by molar-refractivity contribution is -0.118. The molecule has 2 nitrogen and oxygen atoms in total. The number of nitrogens with zero attached hydrogens (tertiary/aromatic N) is 1. The molecular formula is C16H25NO. The Morgan fingerprint density at radius 2 is 2.11 bits per heavy atom. The van der Waals surface area contributed by atoms with Gasteiger partial charge in [0.2, 0.25) is 0 Å². The van der Waals surface area contributed by atoms with Gasteiger partial charge in [-0.25, -0.2) is 0 Å². The third-order valence-corrected chi connectivity index (χ3v) is 6.29. The highest BCUT2D eigenvalue weighted by molar-refractivity contribution is 5.21. The third kappa shape index (κ3) is 1.56. The van der Waals surface area contributed by atoms with Crippen LogP contribution in [0.1, 0.15) is 64.7 Å². The summed E-state index contributed by atoms with van der Waals surface area (Å²) in [5, 5.41) is 21.0. The average Bonchev–Trinajstić information content (AvgIpc) is 2.99. The van der Waals surface area contributed by atoms with Crippen molar-refractivity contribution in [3.63, 3.8) is 0 Å². The molecule has 3 aliphatic rings. The van der Waals surface area contributed by atoms with Crippen LogP contribution in [0.3, 0.4) is 0 Å². The van der Waals surface area contributed by atoms with E-state index in [1.807, 2.05) is 0 Å². The number of rotatable bonds is 2. The van der Waals surface area contributed by atoms with Gasteiger partial charge in [0.25, 0.3) is 0 Å². The molecule has 2 heteroatoms. The predicted octanol–water partition coefficient (Wildman–Crippen LogP) is 3.65. The molecule has 5 unspecified atom stereocenters. The van der Waals surface area contributed by atoms with E-state index in [0.29, 0.717) is 11.8 Å². The number of fused-ring (bicyclic) bond motifs is 2. The van der Waals surface area contributed by atoms with Gasteiger partial charge in [0.15, 0.2) is 0 Å².